The number of aromatic nitrogens is 2. The molecular formula is C18H22F2N4O3. The van der Waals surface area contributed by atoms with Gasteiger partial charge < -0.3 is 19.7 Å². The molecule has 0 saturated carbocycles. The second-order valence-electron chi connectivity index (χ2n) is 7.01. The highest BCUT2D eigenvalue weighted by Crippen LogP contribution is 2.33. The Morgan fingerprint density at radius 3 is 2.78 bits per heavy atom. The molecule has 0 unspecified atom stereocenters. The monoisotopic (exact) mass is 380 g/mol. The van der Waals surface area contributed by atoms with Crippen molar-refractivity contribution < 1.29 is 23.0 Å². The molecule has 0 radical (unpaired) electrons. The Bertz CT molecular complexity index is 851. The second kappa shape index (κ2) is 7.05. The molecule has 0 aliphatic carbocycles. The highest BCUT2D eigenvalue weighted by Gasteiger charge is 2.32. The Kier molecular flexibility index (Phi) is 4.95. The van der Waals surface area contributed by atoms with E-state index in [0.717, 1.165) is 11.8 Å². The van der Waals surface area contributed by atoms with Crippen molar-refractivity contribution in [3.8, 4) is 11.5 Å². The third-order valence-corrected chi connectivity index (χ3v) is 4.24. The van der Waals surface area contributed by atoms with Crippen LogP contribution in [0, 0.1) is 6.92 Å². The number of nitrogens with zero attached hydrogens (tertiary/aromatic N) is 3. The lowest BCUT2D eigenvalue weighted by molar-refractivity contribution is 0.0563. The molecule has 2 aromatic rings. The van der Waals surface area contributed by atoms with Crippen LogP contribution < -0.4 is 14.8 Å². The Hall–Kier alpha value is -2.84. The molecule has 146 valence electrons. The van der Waals surface area contributed by atoms with E-state index in [9.17, 15) is 13.6 Å². The van der Waals surface area contributed by atoms with Gasteiger partial charge in [0.05, 0.1) is 37.8 Å². The van der Waals surface area contributed by atoms with Gasteiger partial charge in [0.1, 0.15) is 17.1 Å². The van der Waals surface area contributed by atoms with Crippen molar-refractivity contribution in [2.75, 3.05) is 19.0 Å². The maximum atomic E-state index is 12.8. The molecule has 0 bridgehead atoms. The minimum Gasteiger partial charge on any atom is -0.497 e. The fourth-order valence-corrected chi connectivity index (χ4v) is 2.98. The van der Waals surface area contributed by atoms with Crippen LogP contribution in [0.4, 0.5) is 19.3 Å². The van der Waals surface area contributed by atoms with E-state index in [-0.39, 0.29) is 5.69 Å². The second-order valence-corrected chi connectivity index (χ2v) is 7.01. The fourth-order valence-electron chi connectivity index (χ4n) is 2.98. The summed E-state index contributed by atoms with van der Waals surface area (Å²) in [5, 5.41) is 6.37. The summed E-state index contributed by atoms with van der Waals surface area (Å²) in [5.41, 5.74) is 0.755. The van der Waals surface area contributed by atoms with E-state index in [1.165, 1.54) is 0 Å². The number of anilines is 1. The number of amides is 2. The minimum atomic E-state index is -2.76. The minimum absolute atomic E-state index is 0.248. The van der Waals surface area contributed by atoms with Crippen LogP contribution in [-0.2, 0) is 6.54 Å². The molecule has 1 aliphatic rings. The first kappa shape index (κ1) is 18.9. The van der Waals surface area contributed by atoms with E-state index < -0.39 is 18.2 Å². The van der Waals surface area contributed by atoms with Gasteiger partial charge in [-0.1, -0.05) is 0 Å². The van der Waals surface area contributed by atoms with Crippen LogP contribution in [0.5, 0.6) is 11.5 Å². The average Bonchev–Trinajstić information content (AvgIpc) is 2.88. The lowest BCUT2D eigenvalue weighted by Crippen LogP contribution is -2.44. The van der Waals surface area contributed by atoms with E-state index >= 15 is 0 Å². The van der Waals surface area contributed by atoms with Crippen LogP contribution in [0.3, 0.4) is 0 Å². The SMILES string of the molecule is COc1ccc2c(c1)OC(C)(C)CN(C(=O)Nc1cn(C(F)F)nc1C)C2. The van der Waals surface area contributed by atoms with E-state index in [4.69, 9.17) is 9.47 Å². The molecule has 2 heterocycles. The molecule has 0 atom stereocenters. The number of hydrogen-bond donors (Lipinski definition) is 1. The standard InChI is InChI=1S/C18H22F2N4O3/c1-11-14(9-24(22-11)16(19)20)21-17(25)23-8-12-5-6-13(26-4)7-15(12)27-18(2,3)10-23/h5-7,9,16H,8,10H2,1-4H3,(H,21,25). The van der Waals surface area contributed by atoms with Gasteiger partial charge in [0.2, 0.25) is 0 Å². The van der Waals surface area contributed by atoms with Crippen LogP contribution in [-0.4, -0.2) is 40.0 Å². The van der Waals surface area contributed by atoms with Crippen molar-refractivity contribution in [1.82, 2.24) is 14.7 Å². The number of benzene rings is 1. The number of ether oxygens (including phenoxy) is 2. The number of rotatable bonds is 3. The van der Waals surface area contributed by atoms with Gasteiger partial charge in [0, 0.05) is 11.6 Å². The zero-order valence-corrected chi connectivity index (χ0v) is 15.6. The first-order chi connectivity index (χ1) is 12.7. The maximum Gasteiger partial charge on any atom is 0.333 e. The average molecular weight is 380 g/mol. The van der Waals surface area contributed by atoms with Crippen molar-refractivity contribution in [2.45, 2.75) is 39.5 Å². The third-order valence-electron chi connectivity index (χ3n) is 4.24. The molecule has 1 aromatic heterocycles. The van der Waals surface area contributed by atoms with Crippen LogP contribution >= 0.6 is 0 Å². The smallest absolute Gasteiger partial charge is 0.333 e. The van der Waals surface area contributed by atoms with Gasteiger partial charge in [-0.15, -0.1) is 0 Å². The van der Waals surface area contributed by atoms with Crippen LogP contribution in [0.2, 0.25) is 0 Å². The summed E-state index contributed by atoms with van der Waals surface area (Å²) in [6, 6.07) is 5.02. The number of nitrogens with one attached hydrogen (secondary N) is 1. The van der Waals surface area contributed by atoms with Gasteiger partial charge in [0.25, 0.3) is 0 Å². The summed E-state index contributed by atoms with van der Waals surface area (Å²) >= 11 is 0. The van der Waals surface area contributed by atoms with Crippen molar-refractivity contribution >= 4 is 11.7 Å². The summed E-state index contributed by atoms with van der Waals surface area (Å²) in [6.45, 7) is 3.19. The van der Waals surface area contributed by atoms with E-state index in [2.05, 4.69) is 10.4 Å². The molecule has 9 heteroatoms. The number of halogens is 2. The molecule has 2 amide bonds. The summed E-state index contributed by atoms with van der Waals surface area (Å²) < 4.78 is 37.4. The lowest BCUT2D eigenvalue weighted by atomic mass is 10.1. The highest BCUT2D eigenvalue weighted by atomic mass is 19.3. The number of methoxy groups -OCH3 is 1. The maximum absolute atomic E-state index is 12.8. The Labute approximate surface area is 155 Å². The fraction of sp³-hybridized carbons (Fsp3) is 0.444. The van der Waals surface area contributed by atoms with Crippen molar-refractivity contribution in [1.29, 1.82) is 0 Å². The topological polar surface area (TPSA) is 68.6 Å². The van der Waals surface area contributed by atoms with Gasteiger partial charge in [0.15, 0.2) is 0 Å². The molecule has 3 rings (SSSR count). The van der Waals surface area contributed by atoms with Gasteiger partial charge in [-0.3, -0.25) is 0 Å². The van der Waals surface area contributed by atoms with E-state index in [0.29, 0.717) is 35.0 Å². The van der Waals surface area contributed by atoms with Crippen LogP contribution in [0.1, 0.15) is 31.7 Å². The Morgan fingerprint density at radius 2 is 2.15 bits per heavy atom. The molecule has 1 aromatic carbocycles. The quantitative estimate of drug-likeness (QED) is 0.879. The number of carbonyl (C=O) groups is 1. The highest BCUT2D eigenvalue weighted by molar-refractivity contribution is 5.89. The summed E-state index contributed by atoms with van der Waals surface area (Å²) in [6.07, 6.45) is 1.12. The summed E-state index contributed by atoms with van der Waals surface area (Å²) in [7, 11) is 1.57. The van der Waals surface area contributed by atoms with Gasteiger partial charge in [-0.05, 0) is 32.9 Å². The van der Waals surface area contributed by atoms with Crippen molar-refractivity contribution in [2.24, 2.45) is 0 Å². The normalized spacial score (nSPS) is 15.7. The molecular weight excluding hydrogens is 358 g/mol. The predicted octanol–water partition coefficient (Wildman–Crippen LogP) is 3.80. The molecule has 7 nitrogen and oxygen atoms in total. The number of hydrogen-bond acceptors (Lipinski definition) is 4. The summed E-state index contributed by atoms with van der Waals surface area (Å²) in [5.74, 6) is 1.31. The number of carbonyl (C=O) groups excluding carboxylic acids is 1. The number of fused-ring (bicyclic) bond motifs is 1. The molecule has 27 heavy (non-hydrogen) atoms. The van der Waals surface area contributed by atoms with Crippen LogP contribution in [0.15, 0.2) is 24.4 Å². The molecule has 0 spiro atoms. The zero-order chi connectivity index (χ0) is 19.8. The number of alkyl halides is 2. The van der Waals surface area contributed by atoms with Crippen molar-refractivity contribution in [3.05, 3.63) is 35.7 Å². The lowest BCUT2D eigenvalue weighted by Gasteiger charge is -2.29. The van der Waals surface area contributed by atoms with Gasteiger partial charge in [-0.25, -0.2) is 9.48 Å². The van der Waals surface area contributed by atoms with E-state index in [1.807, 2.05) is 19.9 Å². The zero-order valence-electron chi connectivity index (χ0n) is 15.6. The van der Waals surface area contributed by atoms with Crippen molar-refractivity contribution in [3.63, 3.8) is 0 Å². The molecule has 1 aliphatic heterocycles. The Balaban J connectivity index is 1.83. The number of aryl methyl sites for hydroxylation is 1. The van der Waals surface area contributed by atoms with Gasteiger partial charge >= 0.3 is 12.6 Å². The Morgan fingerprint density at radius 1 is 1.41 bits per heavy atom. The predicted molar refractivity (Wildman–Crippen MR) is 95.3 cm³/mol. The molecule has 0 fully saturated rings. The third kappa shape index (κ3) is 4.12. The number of urea groups is 1. The van der Waals surface area contributed by atoms with E-state index in [1.54, 1.807) is 31.1 Å². The molecule has 1 N–H and O–H groups in total. The first-order valence-corrected chi connectivity index (χ1v) is 8.44. The van der Waals surface area contributed by atoms with Crippen LogP contribution in [0.25, 0.3) is 0 Å². The molecule has 0 saturated heterocycles. The van der Waals surface area contributed by atoms with Gasteiger partial charge in [-0.2, -0.15) is 13.9 Å². The first-order valence-electron chi connectivity index (χ1n) is 8.44. The summed E-state index contributed by atoms with van der Waals surface area (Å²) in [4.78, 5) is 14.4. The largest absolute Gasteiger partial charge is 0.497 e.